The topological polar surface area (TPSA) is 20.2 Å². The van der Waals surface area contributed by atoms with Gasteiger partial charge in [-0.2, -0.15) is 0 Å². The molecule has 1 N–H and O–H groups in total. The van der Waals surface area contributed by atoms with Crippen molar-refractivity contribution in [2.24, 2.45) is 11.8 Å². The molecule has 1 nitrogen and oxygen atoms in total. The standard InChI is InChI=1S/C12H20O/c1-3-4-9-12(13)11-8-6-5-7-10(11)2/h1,10-13H,4-9H2,2H3. The van der Waals surface area contributed by atoms with Crippen molar-refractivity contribution in [2.75, 3.05) is 0 Å². The van der Waals surface area contributed by atoms with Crippen molar-refractivity contribution in [1.82, 2.24) is 0 Å². The smallest absolute Gasteiger partial charge is 0.0580 e. The molecular weight excluding hydrogens is 160 g/mol. The van der Waals surface area contributed by atoms with E-state index in [1.165, 1.54) is 25.7 Å². The van der Waals surface area contributed by atoms with Crippen molar-refractivity contribution in [2.45, 2.75) is 51.6 Å². The first-order chi connectivity index (χ1) is 6.25. The lowest BCUT2D eigenvalue weighted by molar-refractivity contribution is 0.0485. The number of hydrogen-bond acceptors (Lipinski definition) is 1. The quantitative estimate of drug-likeness (QED) is 0.662. The summed E-state index contributed by atoms with van der Waals surface area (Å²) >= 11 is 0. The van der Waals surface area contributed by atoms with Gasteiger partial charge in [-0.15, -0.1) is 12.3 Å². The first-order valence-corrected chi connectivity index (χ1v) is 5.37. The summed E-state index contributed by atoms with van der Waals surface area (Å²) in [5.74, 6) is 3.78. The van der Waals surface area contributed by atoms with Crippen molar-refractivity contribution < 1.29 is 5.11 Å². The molecule has 0 spiro atoms. The Hall–Kier alpha value is -0.480. The zero-order valence-corrected chi connectivity index (χ0v) is 8.50. The summed E-state index contributed by atoms with van der Waals surface area (Å²) in [6.07, 6.45) is 11.6. The molecule has 1 rings (SSSR count). The van der Waals surface area contributed by atoms with Gasteiger partial charge in [0.15, 0.2) is 0 Å². The summed E-state index contributed by atoms with van der Waals surface area (Å²) in [6.45, 7) is 2.25. The molecule has 3 unspecified atom stereocenters. The molecule has 0 amide bonds. The normalized spacial score (nSPS) is 30.8. The van der Waals surface area contributed by atoms with Crippen LogP contribution in [0.3, 0.4) is 0 Å². The Morgan fingerprint density at radius 1 is 1.46 bits per heavy atom. The molecule has 1 fully saturated rings. The van der Waals surface area contributed by atoms with Gasteiger partial charge in [0, 0.05) is 6.42 Å². The number of rotatable bonds is 3. The fourth-order valence-electron chi connectivity index (χ4n) is 2.36. The van der Waals surface area contributed by atoms with Crippen molar-refractivity contribution >= 4 is 0 Å². The predicted octanol–water partition coefficient (Wildman–Crippen LogP) is 2.59. The van der Waals surface area contributed by atoms with E-state index in [1.807, 2.05) is 0 Å². The van der Waals surface area contributed by atoms with Crippen LogP contribution in [0.5, 0.6) is 0 Å². The van der Waals surface area contributed by atoms with E-state index in [9.17, 15) is 5.11 Å². The molecule has 0 aromatic rings. The van der Waals surface area contributed by atoms with Crippen molar-refractivity contribution in [3.8, 4) is 12.3 Å². The van der Waals surface area contributed by atoms with Gasteiger partial charge in [-0.1, -0.05) is 26.2 Å². The second kappa shape index (κ2) is 5.29. The molecule has 13 heavy (non-hydrogen) atoms. The van der Waals surface area contributed by atoms with Crippen molar-refractivity contribution in [3.05, 3.63) is 0 Å². The van der Waals surface area contributed by atoms with E-state index in [-0.39, 0.29) is 6.10 Å². The van der Waals surface area contributed by atoms with Crippen LogP contribution >= 0.6 is 0 Å². The Morgan fingerprint density at radius 3 is 2.77 bits per heavy atom. The average Bonchev–Trinajstić information content (AvgIpc) is 2.15. The lowest BCUT2D eigenvalue weighted by Crippen LogP contribution is -2.29. The highest BCUT2D eigenvalue weighted by molar-refractivity contribution is 4.87. The monoisotopic (exact) mass is 180 g/mol. The molecular formula is C12H20O. The number of aliphatic hydroxyl groups excluding tert-OH is 1. The minimum absolute atomic E-state index is 0.161. The van der Waals surface area contributed by atoms with E-state index in [0.717, 1.165) is 6.42 Å². The molecule has 0 heterocycles. The highest BCUT2D eigenvalue weighted by Gasteiger charge is 2.27. The fourth-order valence-corrected chi connectivity index (χ4v) is 2.36. The maximum Gasteiger partial charge on any atom is 0.0580 e. The Labute approximate surface area is 81.5 Å². The van der Waals surface area contributed by atoms with Crippen LogP contribution in [0.4, 0.5) is 0 Å². The van der Waals surface area contributed by atoms with Crippen LogP contribution in [0.1, 0.15) is 45.4 Å². The third kappa shape index (κ3) is 3.04. The van der Waals surface area contributed by atoms with Crippen LogP contribution in [0.15, 0.2) is 0 Å². The minimum Gasteiger partial charge on any atom is -0.393 e. The Morgan fingerprint density at radius 2 is 2.15 bits per heavy atom. The largest absolute Gasteiger partial charge is 0.393 e. The molecule has 1 aliphatic carbocycles. The summed E-state index contributed by atoms with van der Waals surface area (Å²) in [6, 6.07) is 0. The van der Waals surface area contributed by atoms with Crippen LogP contribution in [-0.2, 0) is 0 Å². The highest BCUT2D eigenvalue weighted by atomic mass is 16.3. The van der Waals surface area contributed by atoms with Crippen LogP contribution in [-0.4, -0.2) is 11.2 Å². The van der Waals surface area contributed by atoms with Crippen molar-refractivity contribution in [1.29, 1.82) is 0 Å². The molecule has 74 valence electrons. The minimum atomic E-state index is -0.161. The Kier molecular flexibility index (Phi) is 4.32. The summed E-state index contributed by atoms with van der Waals surface area (Å²) in [7, 11) is 0. The summed E-state index contributed by atoms with van der Waals surface area (Å²) in [5, 5.41) is 9.88. The van der Waals surface area contributed by atoms with E-state index in [4.69, 9.17) is 6.42 Å². The lowest BCUT2D eigenvalue weighted by atomic mass is 9.76. The summed E-state index contributed by atoms with van der Waals surface area (Å²) in [4.78, 5) is 0. The Bertz CT molecular complexity index is 180. The molecule has 1 heteroatoms. The van der Waals surface area contributed by atoms with E-state index >= 15 is 0 Å². The van der Waals surface area contributed by atoms with Crippen molar-refractivity contribution in [3.63, 3.8) is 0 Å². The molecule has 1 saturated carbocycles. The van der Waals surface area contributed by atoms with Gasteiger partial charge in [-0.25, -0.2) is 0 Å². The van der Waals surface area contributed by atoms with Gasteiger partial charge in [-0.05, 0) is 24.7 Å². The van der Waals surface area contributed by atoms with E-state index in [0.29, 0.717) is 18.3 Å². The lowest BCUT2D eigenvalue weighted by Gasteiger charge is -2.32. The molecule has 0 saturated heterocycles. The van der Waals surface area contributed by atoms with E-state index < -0.39 is 0 Å². The SMILES string of the molecule is C#CCCC(O)C1CCCCC1C. The van der Waals surface area contributed by atoms with Gasteiger partial charge in [0.1, 0.15) is 0 Å². The molecule has 0 aromatic carbocycles. The van der Waals surface area contributed by atoms with E-state index in [2.05, 4.69) is 12.8 Å². The third-order valence-electron chi connectivity index (χ3n) is 3.26. The average molecular weight is 180 g/mol. The zero-order chi connectivity index (χ0) is 9.68. The first-order valence-electron chi connectivity index (χ1n) is 5.37. The highest BCUT2D eigenvalue weighted by Crippen LogP contribution is 2.33. The summed E-state index contributed by atoms with van der Waals surface area (Å²) in [5.41, 5.74) is 0. The van der Waals surface area contributed by atoms with Crippen LogP contribution in [0, 0.1) is 24.2 Å². The second-order valence-electron chi connectivity index (χ2n) is 4.24. The molecule has 0 aliphatic heterocycles. The zero-order valence-electron chi connectivity index (χ0n) is 8.50. The molecule has 1 aliphatic rings. The van der Waals surface area contributed by atoms with Crippen LogP contribution in [0.2, 0.25) is 0 Å². The number of aliphatic hydroxyl groups is 1. The predicted molar refractivity (Wildman–Crippen MR) is 55.2 cm³/mol. The molecule has 0 aromatic heterocycles. The molecule has 0 radical (unpaired) electrons. The van der Waals surface area contributed by atoms with Crippen LogP contribution in [0.25, 0.3) is 0 Å². The Balaban J connectivity index is 2.35. The molecule has 0 bridgehead atoms. The second-order valence-corrected chi connectivity index (χ2v) is 4.24. The van der Waals surface area contributed by atoms with Gasteiger partial charge < -0.3 is 5.11 Å². The maximum atomic E-state index is 9.88. The van der Waals surface area contributed by atoms with Gasteiger partial charge >= 0.3 is 0 Å². The van der Waals surface area contributed by atoms with Gasteiger partial charge in [0.05, 0.1) is 6.10 Å². The van der Waals surface area contributed by atoms with Gasteiger partial charge in [-0.3, -0.25) is 0 Å². The number of terminal acetylenes is 1. The van der Waals surface area contributed by atoms with Crippen LogP contribution < -0.4 is 0 Å². The number of hydrogen-bond donors (Lipinski definition) is 1. The third-order valence-corrected chi connectivity index (χ3v) is 3.26. The van der Waals surface area contributed by atoms with E-state index in [1.54, 1.807) is 0 Å². The first kappa shape index (κ1) is 10.6. The molecule has 3 atom stereocenters. The van der Waals surface area contributed by atoms with Gasteiger partial charge in [0.2, 0.25) is 0 Å². The maximum absolute atomic E-state index is 9.88. The summed E-state index contributed by atoms with van der Waals surface area (Å²) < 4.78 is 0. The fraction of sp³-hybridized carbons (Fsp3) is 0.833. The van der Waals surface area contributed by atoms with Gasteiger partial charge in [0.25, 0.3) is 0 Å².